The standard InChI is InChI=1S/C6H9N3O2S2/c1-4-8-9-6(13-4)12-3-2-7-5(10)11/h7H,2-3H2,1H3,(H,10,11). The molecule has 0 aliphatic heterocycles. The minimum Gasteiger partial charge on any atom is -0.465 e. The summed E-state index contributed by atoms with van der Waals surface area (Å²) >= 11 is 3.01. The molecule has 7 heteroatoms. The van der Waals surface area contributed by atoms with Crippen molar-refractivity contribution < 1.29 is 9.90 Å². The van der Waals surface area contributed by atoms with Crippen LogP contribution in [0.25, 0.3) is 0 Å². The Balaban J connectivity index is 2.16. The van der Waals surface area contributed by atoms with Gasteiger partial charge in [-0.3, -0.25) is 0 Å². The summed E-state index contributed by atoms with van der Waals surface area (Å²) in [6.45, 7) is 2.32. The number of nitrogens with zero attached hydrogens (tertiary/aromatic N) is 2. The van der Waals surface area contributed by atoms with Crippen LogP contribution in [0.1, 0.15) is 5.01 Å². The number of aryl methyl sites for hydroxylation is 1. The lowest BCUT2D eigenvalue weighted by Crippen LogP contribution is -2.23. The van der Waals surface area contributed by atoms with Gasteiger partial charge >= 0.3 is 6.09 Å². The second kappa shape index (κ2) is 5.03. The molecule has 0 aliphatic rings. The number of thioether (sulfide) groups is 1. The Labute approximate surface area is 83.6 Å². The fourth-order valence-electron chi connectivity index (χ4n) is 0.633. The summed E-state index contributed by atoms with van der Waals surface area (Å²) in [6.07, 6.45) is -0.992. The van der Waals surface area contributed by atoms with Crippen LogP contribution in [0.15, 0.2) is 4.34 Å². The van der Waals surface area contributed by atoms with Gasteiger partial charge < -0.3 is 10.4 Å². The van der Waals surface area contributed by atoms with Gasteiger partial charge in [-0.1, -0.05) is 23.1 Å². The van der Waals surface area contributed by atoms with E-state index in [2.05, 4.69) is 15.5 Å². The molecule has 1 aromatic rings. The van der Waals surface area contributed by atoms with E-state index in [1.54, 1.807) is 0 Å². The molecule has 5 nitrogen and oxygen atoms in total. The van der Waals surface area contributed by atoms with Gasteiger partial charge in [0.2, 0.25) is 0 Å². The highest BCUT2D eigenvalue weighted by molar-refractivity contribution is 8.01. The zero-order valence-corrected chi connectivity index (χ0v) is 8.61. The van der Waals surface area contributed by atoms with E-state index < -0.39 is 6.09 Å². The number of hydrogen-bond acceptors (Lipinski definition) is 5. The largest absolute Gasteiger partial charge is 0.465 e. The molecule has 1 amide bonds. The lowest BCUT2D eigenvalue weighted by molar-refractivity contribution is 0.195. The molecule has 0 unspecified atom stereocenters. The third kappa shape index (κ3) is 4.09. The van der Waals surface area contributed by atoms with Gasteiger partial charge in [-0.05, 0) is 6.92 Å². The molecule has 0 spiro atoms. The molecule has 0 bridgehead atoms. The highest BCUT2D eigenvalue weighted by Crippen LogP contribution is 2.20. The van der Waals surface area contributed by atoms with Gasteiger partial charge in [0.1, 0.15) is 5.01 Å². The van der Waals surface area contributed by atoms with Crippen molar-refractivity contribution in [3.63, 3.8) is 0 Å². The fraction of sp³-hybridized carbons (Fsp3) is 0.500. The highest BCUT2D eigenvalue weighted by Gasteiger charge is 2.00. The lowest BCUT2D eigenvalue weighted by atomic mass is 10.7. The molecule has 1 heterocycles. The highest BCUT2D eigenvalue weighted by atomic mass is 32.2. The van der Waals surface area contributed by atoms with Crippen LogP contribution in [0.4, 0.5) is 4.79 Å². The molecule has 0 saturated heterocycles. The number of carbonyl (C=O) groups is 1. The molecule has 0 aliphatic carbocycles. The maximum atomic E-state index is 10.1. The van der Waals surface area contributed by atoms with Crippen molar-refractivity contribution in [3.05, 3.63) is 5.01 Å². The van der Waals surface area contributed by atoms with Gasteiger partial charge in [0.25, 0.3) is 0 Å². The van der Waals surface area contributed by atoms with Crippen molar-refractivity contribution in [2.75, 3.05) is 12.3 Å². The quantitative estimate of drug-likeness (QED) is 0.588. The molecule has 0 fully saturated rings. The molecular weight excluding hydrogens is 210 g/mol. The second-order valence-corrected chi connectivity index (χ2v) is 4.69. The third-order valence-corrected chi connectivity index (χ3v) is 3.09. The van der Waals surface area contributed by atoms with Crippen molar-refractivity contribution in [2.45, 2.75) is 11.3 Å². The van der Waals surface area contributed by atoms with Crippen LogP contribution in [0, 0.1) is 6.92 Å². The minimum atomic E-state index is -0.992. The third-order valence-electron chi connectivity index (χ3n) is 1.11. The van der Waals surface area contributed by atoms with Crippen LogP contribution >= 0.6 is 23.1 Å². The van der Waals surface area contributed by atoms with E-state index in [1.807, 2.05) is 6.92 Å². The van der Waals surface area contributed by atoms with E-state index in [0.29, 0.717) is 12.3 Å². The summed E-state index contributed by atoms with van der Waals surface area (Å²) in [4.78, 5) is 10.1. The predicted octanol–water partition coefficient (Wildman–Crippen LogP) is 1.21. The summed E-state index contributed by atoms with van der Waals surface area (Å²) < 4.78 is 0.879. The SMILES string of the molecule is Cc1nnc(SCCNC(=O)O)s1. The molecule has 0 radical (unpaired) electrons. The maximum absolute atomic E-state index is 10.1. The van der Waals surface area contributed by atoms with E-state index in [9.17, 15) is 4.79 Å². The van der Waals surface area contributed by atoms with E-state index in [-0.39, 0.29) is 0 Å². The zero-order chi connectivity index (χ0) is 9.68. The fourth-order valence-corrected chi connectivity index (χ4v) is 2.37. The normalized spacial score (nSPS) is 9.92. The predicted molar refractivity (Wildman–Crippen MR) is 51.4 cm³/mol. The van der Waals surface area contributed by atoms with E-state index in [0.717, 1.165) is 9.35 Å². The van der Waals surface area contributed by atoms with Crippen LogP contribution < -0.4 is 5.32 Å². The van der Waals surface area contributed by atoms with E-state index in [1.165, 1.54) is 23.1 Å². The molecule has 13 heavy (non-hydrogen) atoms. The van der Waals surface area contributed by atoms with Gasteiger partial charge in [0.05, 0.1) is 0 Å². The molecule has 0 atom stereocenters. The Morgan fingerprint density at radius 3 is 3.00 bits per heavy atom. The Kier molecular flexibility index (Phi) is 3.97. The first-order valence-corrected chi connectivity index (χ1v) is 5.38. The molecule has 0 aromatic carbocycles. The van der Waals surface area contributed by atoms with Crippen molar-refractivity contribution in [1.82, 2.24) is 15.5 Å². The van der Waals surface area contributed by atoms with Gasteiger partial charge in [-0.15, -0.1) is 10.2 Å². The molecule has 2 N–H and O–H groups in total. The summed E-state index contributed by atoms with van der Waals surface area (Å²) in [7, 11) is 0. The van der Waals surface area contributed by atoms with Crippen molar-refractivity contribution >= 4 is 29.2 Å². The lowest BCUT2D eigenvalue weighted by Gasteiger charge is -1.96. The van der Waals surface area contributed by atoms with Crippen LogP contribution in [0.3, 0.4) is 0 Å². The maximum Gasteiger partial charge on any atom is 0.404 e. The average molecular weight is 219 g/mol. The summed E-state index contributed by atoms with van der Waals surface area (Å²) in [6, 6.07) is 0. The Bertz CT molecular complexity index is 289. The van der Waals surface area contributed by atoms with Crippen LogP contribution in [-0.4, -0.2) is 33.7 Å². The van der Waals surface area contributed by atoms with Gasteiger partial charge in [0.15, 0.2) is 4.34 Å². The number of hydrogen-bond donors (Lipinski definition) is 2. The van der Waals surface area contributed by atoms with Gasteiger partial charge in [0, 0.05) is 12.3 Å². The summed E-state index contributed by atoms with van der Waals surface area (Å²) in [5.41, 5.74) is 0. The molecular formula is C6H9N3O2S2. The number of amides is 1. The van der Waals surface area contributed by atoms with Gasteiger partial charge in [-0.25, -0.2) is 4.79 Å². The summed E-state index contributed by atoms with van der Waals surface area (Å²) in [5, 5.41) is 19.2. The molecule has 1 aromatic heterocycles. The van der Waals surface area contributed by atoms with Crippen LogP contribution in [0.5, 0.6) is 0 Å². The zero-order valence-electron chi connectivity index (χ0n) is 6.98. The van der Waals surface area contributed by atoms with Crippen LogP contribution in [-0.2, 0) is 0 Å². The number of nitrogens with one attached hydrogen (secondary N) is 1. The van der Waals surface area contributed by atoms with E-state index >= 15 is 0 Å². The van der Waals surface area contributed by atoms with Crippen molar-refractivity contribution in [3.8, 4) is 0 Å². The topological polar surface area (TPSA) is 75.1 Å². The minimum absolute atomic E-state index is 0.429. The molecule has 1 rings (SSSR count). The molecule has 72 valence electrons. The van der Waals surface area contributed by atoms with E-state index in [4.69, 9.17) is 5.11 Å². The van der Waals surface area contributed by atoms with Crippen LogP contribution in [0.2, 0.25) is 0 Å². The number of aromatic nitrogens is 2. The Morgan fingerprint density at radius 1 is 1.69 bits per heavy atom. The Hall–Kier alpha value is -0.820. The van der Waals surface area contributed by atoms with Crippen molar-refractivity contribution in [2.24, 2.45) is 0 Å². The first-order chi connectivity index (χ1) is 6.18. The number of carboxylic acid groups (broad SMARTS) is 1. The first kappa shape index (κ1) is 10.3. The molecule has 0 saturated carbocycles. The second-order valence-electron chi connectivity index (χ2n) is 2.17. The number of rotatable bonds is 4. The summed E-state index contributed by atoms with van der Waals surface area (Å²) in [5.74, 6) is 0.681. The smallest absolute Gasteiger partial charge is 0.404 e. The monoisotopic (exact) mass is 219 g/mol. The van der Waals surface area contributed by atoms with Gasteiger partial charge in [-0.2, -0.15) is 0 Å². The van der Waals surface area contributed by atoms with Crippen molar-refractivity contribution in [1.29, 1.82) is 0 Å². The average Bonchev–Trinajstić information content (AvgIpc) is 2.45. The Morgan fingerprint density at radius 2 is 2.46 bits per heavy atom. The first-order valence-electron chi connectivity index (χ1n) is 3.58.